The summed E-state index contributed by atoms with van der Waals surface area (Å²) in [6.45, 7) is 2.37. The maximum absolute atomic E-state index is 11.0. The summed E-state index contributed by atoms with van der Waals surface area (Å²) in [6, 6.07) is -0.922. The van der Waals surface area contributed by atoms with Gasteiger partial charge in [-0.15, -0.1) is 0 Å². The third-order valence-corrected chi connectivity index (χ3v) is 1.65. The molecule has 0 saturated heterocycles. The van der Waals surface area contributed by atoms with Crippen LogP contribution in [0, 0.1) is 0 Å². The van der Waals surface area contributed by atoms with Crippen LogP contribution in [0.5, 0.6) is 0 Å². The predicted octanol–water partition coefficient (Wildman–Crippen LogP) is 0.220. The molecule has 0 unspecified atom stereocenters. The van der Waals surface area contributed by atoms with Crippen molar-refractivity contribution in [1.29, 1.82) is 0 Å². The van der Waals surface area contributed by atoms with Crippen LogP contribution in [0.25, 0.3) is 0 Å². The van der Waals surface area contributed by atoms with Crippen LogP contribution in [0.3, 0.4) is 0 Å². The van der Waals surface area contributed by atoms with Crippen molar-refractivity contribution >= 4 is 11.9 Å². The molecule has 0 aliphatic carbocycles. The van der Waals surface area contributed by atoms with E-state index >= 15 is 0 Å². The summed E-state index contributed by atoms with van der Waals surface area (Å²) in [5.74, 6) is -1.06. The first-order chi connectivity index (χ1) is 6.61. The smallest absolute Gasteiger partial charge is 0.323 e. The number of ether oxygens (including phenoxy) is 2. The molecule has 5 nitrogen and oxygen atoms in total. The Labute approximate surface area is 83.5 Å². The number of nitrogens with two attached hydrogens (primary N) is 1. The van der Waals surface area contributed by atoms with Crippen LogP contribution in [0.2, 0.25) is 0 Å². The van der Waals surface area contributed by atoms with Crippen LogP contribution in [0.15, 0.2) is 0 Å². The fourth-order valence-corrected chi connectivity index (χ4v) is 0.804. The molecule has 0 rings (SSSR count). The Morgan fingerprint density at radius 3 is 2.57 bits per heavy atom. The van der Waals surface area contributed by atoms with E-state index in [0.717, 1.165) is 12.8 Å². The Bertz CT molecular complexity index is 193. The number of carbonyl (C=O) groups is 2. The zero-order valence-electron chi connectivity index (χ0n) is 8.62. The van der Waals surface area contributed by atoms with Gasteiger partial charge in [-0.3, -0.25) is 9.59 Å². The van der Waals surface area contributed by atoms with E-state index in [2.05, 4.69) is 4.74 Å². The molecule has 5 heteroatoms. The quantitative estimate of drug-likeness (QED) is 0.493. The molecule has 0 radical (unpaired) electrons. The van der Waals surface area contributed by atoms with Crippen molar-refractivity contribution in [1.82, 2.24) is 0 Å². The molecule has 0 saturated carbocycles. The molecule has 0 aromatic heterocycles. The maximum atomic E-state index is 11.0. The van der Waals surface area contributed by atoms with Gasteiger partial charge in [0, 0.05) is 0 Å². The average Bonchev–Trinajstić information content (AvgIpc) is 2.16. The van der Waals surface area contributed by atoms with Gasteiger partial charge >= 0.3 is 11.9 Å². The Hall–Kier alpha value is -1.10. The number of rotatable bonds is 6. The zero-order valence-corrected chi connectivity index (χ0v) is 8.62. The fraction of sp³-hybridized carbons (Fsp3) is 0.778. The van der Waals surface area contributed by atoms with Gasteiger partial charge in [0.2, 0.25) is 0 Å². The molecule has 0 aliphatic rings. The second kappa shape index (κ2) is 7.32. The maximum Gasteiger partial charge on any atom is 0.323 e. The average molecular weight is 203 g/mol. The van der Waals surface area contributed by atoms with Crippen molar-refractivity contribution in [2.24, 2.45) is 5.73 Å². The molecule has 0 fully saturated rings. The second-order valence-corrected chi connectivity index (χ2v) is 2.91. The highest BCUT2D eigenvalue weighted by Gasteiger charge is 2.18. The van der Waals surface area contributed by atoms with Crippen molar-refractivity contribution in [3.8, 4) is 0 Å². The fourth-order valence-electron chi connectivity index (χ4n) is 0.804. The van der Waals surface area contributed by atoms with Crippen molar-refractivity contribution in [2.45, 2.75) is 32.2 Å². The van der Waals surface area contributed by atoms with Crippen molar-refractivity contribution in [2.75, 3.05) is 13.7 Å². The van der Waals surface area contributed by atoms with E-state index in [-0.39, 0.29) is 6.42 Å². The van der Waals surface area contributed by atoms with Crippen LogP contribution in [-0.2, 0) is 19.1 Å². The molecule has 82 valence electrons. The second-order valence-electron chi connectivity index (χ2n) is 2.91. The van der Waals surface area contributed by atoms with Crippen LogP contribution in [-0.4, -0.2) is 31.7 Å². The first-order valence-electron chi connectivity index (χ1n) is 4.60. The van der Waals surface area contributed by atoms with E-state index in [9.17, 15) is 9.59 Å². The van der Waals surface area contributed by atoms with Crippen LogP contribution in [0.4, 0.5) is 0 Å². The number of esters is 2. The monoisotopic (exact) mass is 203 g/mol. The van der Waals surface area contributed by atoms with Crippen LogP contribution in [0.1, 0.15) is 26.2 Å². The van der Waals surface area contributed by atoms with E-state index in [0.29, 0.717) is 6.61 Å². The van der Waals surface area contributed by atoms with Gasteiger partial charge in [-0.25, -0.2) is 0 Å². The Balaban J connectivity index is 3.65. The Kier molecular flexibility index (Phi) is 6.74. The summed E-state index contributed by atoms with van der Waals surface area (Å²) >= 11 is 0. The molecule has 1 atom stereocenters. The third-order valence-electron chi connectivity index (χ3n) is 1.65. The molecule has 0 aromatic rings. The SMILES string of the molecule is CCCCOC(=O)C[C@H](N)C(=O)OC. The lowest BCUT2D eigenvalue weighted by atomic mass is 10.2. The molecular weight excluding hydrogens is 186 g/mol. The summed E-state index contributed by atoms with van der Waals surface area (Å²) in [5, 5.41) is 0. The summed E-state index contributed by atoms with van der Waals surface area (Å²) in [4.78, 5) is 21.9. The van der Waals surface area contributed by atoms with Gasteiger partial charge in [0.15, 0.2) is 0 Å². The largest absolute Gasteiger partial charge is 0.468 e. The van der Waals surface area contributed by atoms with Crippen molar-refractivity contribution in [3.05, 3.63) is 0 Å². The molecule has 0 bridgehead atoms. The normalized spacial score (nSPS) is 11.9. The highest BCUT2D eigenvalue weighted by molar-refractivity contribution is 5.82. The lowest BCUT2D eigenvalue weighted by molar-refractivity contribution is -0.150. The summed E-state index contributed by atoms with van der Waals surface area (Å²) in [5.41, 5.74) is 5.36. The minimum atomic E-state index is -0.922. The summed E-state index contributed by atoms with van der Waals surface area (Å²) in [6.07, 6.45) is 1.64. The van der Waals surface area contributed by atoms with Crippen LogP contribution < -0.4 is 5.73 Å². The molecular formula is C9H17NO4. The molecule has 0 amide bonds. The molecule has 2 N–H and O–H groups in total. The van der Waals surface area contributed by atoms with E-state index in [1.165, 1.54) is 7.11 Å². The van der Waals surface area contributed by atoms with Crippen molar-refractivity contribution in [3.63, 3.8) is 0 Å². The third kappa shape index (κ3) is 5.53. The lowest BCUT2D eigenvalue weighted by Crippen LogP contribution is -2.34. The molecule has 0 spiro atoms. The number of hydrogen-bond acceptors (Lipinski definition) is 5. The molecule has 0 aliphatic heterocycles. The van der Waals surface area contributed by atoms with E-state index in [4.69, 9.17) is 10.5 Å². The summed E-state index contributed by atoms with van der Waals surface area (Å²) < 4.78 is 9.19. The minimum absolute atomic E-state index is 0.129. The van der Waals surface area contributed by atoms with E-state index in [1.807, 2.05) is 6.92 Å². The van der Waals surface area contributed by atoms with Gasteiger partial charge in [0.05, 0.1) is 20.1 Å². The van der Waals surface area contributed by atoms with Gasteiger partial charge in [0.1, 0.15) is 6.04 Å². The predicted molar refractivity (Wildman–Crippen MR) is 50.5 cm³/mol. The minimum Gasteiger partial charge on any atom is -0.468 e. The molecule has 14 heavy (non-hydrogen) atoms. The highest BCUT2D eigenvalue weighted by atomic mass is 16.5. The number of hydrogen-bond donors (Lipinski definition) is 1. The van der Waals surface area contributed by atoms with Gasteiger partial charge in [0.25, 0.3) is 0 Å². The number of unbranched alkanes of at least 4 members (excludes halogenated alkanes) is 1. The number of methoxy groups -OCH3 is 1. The van der Waals surface area contributed by atoms with Gasteiger partial charge < -0.3 is 15.2 Å². The lowest BCUT2D eigenvalue weighted by Gasteiger charge is -2.08. The number of carbonyl (C=O) groups excluding carboxylic acids is 2. The van der Waals surface area contributed by atoms with Gasteiger partial charge in [-0.1, -0.05) is 13.3 Å². The van der Waals surface area contributed by atoms with Crippen molar-refractivity contribution < 1.29 is 19.1 Å². The first kappa shape index (κ1) is 12.9. The molecule has 0 heterocycles. The van der Waals surface area contributed by atoms with Crippen LogP contribution >= 0.6 is 0 Å². The van der Waals surface area contributed by atoms with E-state index < -0.39 is 18.0 Å². The standard InChI is InChI=1S/C9H17NO4/c1-3-4-5-14-8(11)6-7(10)9(12)13-2/h7H,3-6,10H2,1-2H3/t7-/m0/s1. The first-order valence-corrected chi connectivity index (χ1v) is 4.60. The summed E-state index contributed by atoms with van der Waals surface area (Å²) in [7, 11) is 1.23. The zero-order chi connectivity index (χ0) is 11.0. The Morgan fingerprint density at radius 2 is 2.07 bits per heavy atom. The van der Waals surface area contributed by atoms with Gasteiger partial charge in [-0.05, 0) is 6.42 Å². The van der Waals surface area contributed by atoms with E-state index in [1.54, 1.807) is 0 Å². The Morgan fingerprint density at radius 1 is 1.43 bits per heavy atom. The molecule has 0 aromatic carbocycles. The highest BCUT2D eigenvalue weighted by Crippen LogP contribution is 1.96. The van der Waals surface area contributed by atoms with Gasteiger partial charge in [-0.2, -0.15) is 0 Å². The topological polar surface area (TPSA) is 78.6 Å².